The molecule has 1 amide bonds. The van der Waals surface area contributed by atoms with Crippen molar-refractivity contribution in [2.45, 2.75) is 30.4 Å². The molecule has 0 saturated heterocycles. The maximum absolute atomic E-state index is 12.4. The second-order valence-corrected chi connectivity index (χ2v) is 6.93. The van der Waals surface area contributed by atoms with Gasteiger partial charge in [-0.2, -0.15) is 16.9 Å². The van der Waals surface area contributed by atoms with Gasteiger partial charge in [0.15, 0.2) is 5.69 Å². The summed E-state index contributed by atoms with van der Waals surface area (Å²) < 4.78 is 0.195. The van der Waals surface area contributed by atoms with E-state index in [9.17, 15) is 4.79 Å². The van der Waals surface area contributed by atoms with Crippen LogP contribution in [0.3, 0.4) is 0 Å². The van der Waals surface area contributed by atoms with Crippen molar-refractivity contribution >= 4 is 34.3 Å². The average molecular weight is 304 g/mol. The van der Waals surface area contributed by atoms with Crippen molar-refractivity contribution < 1.29 is 4.79 Å². The third-order valence-corrected chi connectivity index (χ3v) is 5.74. The number of nitrogens with two attached hydrogens (primary N) is 1. The summed E-state index contributed by atoms with van der Waals surface area (Å²) in [5.41, 5.74) is 7.68. The van der Waals surface area contributed by atoms with Crippen molar-refractivity contribution in [3.8, 4) is 0 Å². The number of nitrogens with zero attached hydrogens (tertiary/aromatic N) is 1. The lowest BCUT2D eigenvalue weighted by Gasteiger charge is -2.26. The number of amides is 1. The number of benzene rings is 1. The third-order valence-electron chi connectivity index (χ3n) is 4.32. The monoisotopic (exact) mass is 304 g/mol. The molecule has 0 radical (unpaired) electrons. The Kier molecular flexibility index (Phi) is 3.80. The minimum absolute atomic E-state index is 0.132. The van der Waals surface area contributed by atoms with Gasteiger partial charge in [0, 0.05) is 22.4 Å². The first-order chi connectivity index (χ1) is 10.1. The van der Waals surface area contributed by atoms with Crippen LogP contribution in [0.15, 0.2) is 18.2 Å². The zero-order chi connectivity index (χ0) is 14.9. The molecule has 1 aromatic carbocycles. The van der Waals surface area contributed by atoms with Gasteiger partial charge in [-0.1, -0.05) is 12.8 Å². The van der Waals surface area contributed by atoms with E-state index in [1.807, 2.05) is 17.8 Å². The Morgan fingerprint density at radius 3 is 2.95 bits per heavy atom. The van der Waals surface area contributed by atoms with Gasteiger partial charge in [0.25, 0.3) is 5.91 Å². The lowest BCUT2D eigenvalue weighted by Crippen LogP contribution is -2.38. The smallest absolute Gasteiger partial charge is 0.272 e. The summed E-state index contributed by atoms with van der Waals surface area (Å²) in [7, 11) is 0. The van der Waals surface area contributed by atoms with Gasteiger partial charge in [-0.3, -0.25) is 9.89 Å². The second-order valence-electron chi connectivity index (χ2n) is 5.65. The van der Waals surface area contributed by atoms with E-state index in [4.69, 9.17) is 5.73 Å². The van der Waals surface area contributed by atoms with Crippen LogP contribution in [0.1, 0.15) is 36.2 Å². The molecule has 0 atom stereocenters. The van der Waals surface area contributed by atoms with Gasteiger partial charge < -0.3 is 11.1 Å². The molecular weight excluding hydrogens is 284 g/mol. The number of carbonyl (C=O) groups excluding carboxylic acids is 1. The number of thioether (sulfide) groups is 1. The molecule has 2 aromatic rings. The van der Waals surface area contributed by atoms with Crippen molar-refractivity contribution in [3.63, 3.8) is 0 Å². The Balaban J connectivity index is 1.76. The lowest BCUT2D eigenvalue weighted by atomic mass is 10.1. The van der Waals surface area contributed by atoms with E-state index in [-0.39, 0.29) is 10.7 Å². The van der Waals surface area contributed by atoms with Gasteiger partial charge in [-0.05, 0) is 37.3 Å². The minimum Gasteiger partial charge on any atom is -0.399 e. The lowest BCUT2D eigenvalue weighted by molar-refractivity contribution is 0.0946. The molecule has 3 rings (SSSR count). The van der Waals surface area contributed by atoms with Gasteiger partial charge in [0.2, 0.25) is 0 Å². The summed E-state index contributed by atoms with van der Waals surface area (Å²) in [5, 5.41) is 10.8. The Labute approximate surface area is 128 Å². The second kappa shape index (κ2) is 5.60. The summed E-state index contributed by atoms with van der Waals surface area (Å²) in [6.07, 6.45) is 6.96. The van der Waals surface area contributed by atoms with E-state index >= 15 is 0 Å². The Morgan fingerprint density at radius 1 is 1.48 bits per heavy atom. The zero-order valence-electron chi connectivity index (χ0n) is 12.1. The van der Waals surface area contributed by atoms with Crippen molar-refractivity contribution in [1.82, 2.24) is 15.5 Å². The van der Waals surface area contributed by atoms with Crippen LogP contribution in [0, 0.1) is 0 Å². The fourth-order valence-corrected chi connectivity index (χ4v) is 3.92. The van der Waals surface area contributed by atoms with Gasteiger partial charge >= 0.3 is 0 Å². The van der Waals surface area contributed by atoms with Crippen molar-refractivity contribution in [1.29, 1.82) is 0 Å². The highest BCUT2D eigenvalue weighted by molar-refractivity contribution is 8.00. The average Bonchev–Trinajstić information content (AvgIpc) is 3.12. The van der Waals surface area contributed by atoms with E-state index in [0.29, 0.717) is 17.9 Å². The molecule has 1 aliphatic carbocycles. The van der Waals surface area contributed by atoms with Gasteiger partial charge in [-0.25, -0.2) is 0 Å². The maximum Gasteiger partial charge on any atom is 0.272 e. The van der Waals surface area contributed by atoms with Crippen LogP contribution in [-0.4, -0.2) is 33.7 Å². The molecule has 0 unspecified atom stereocenters. The third kappa shape index (κ3) is 2.72. The molecule has 0 aliphatic heterocycles. The number of H-pyrrole nitrogens is 1. The number of nitrogen functional groups attached to an aromatic ring is 1. The van der Waals surface area contributed by atoms with Crippen LogP contribution in [-0.2, 0) is 0 Å². The number of hydrogen-bond donors (Lipinski definition) is 3. The minimum atomic E-state index is -0.132. The molecule has 112 valence electrons. The summed E-state index contributed by atoms with van der Waals surface area (Å²) in [6, 6.07) is 5.42. The van der Waals surface area contributed by atoms with Crippen LogP contribution >= 0.6 is 11.8 Å². The Morgan fingerprint density at radius 2 is 2.24 bits per heavy atom. The number of carbonyl (C=O) groups is 1. The molecular formula is C15H20N4OS. The molecule has 1 aliphatic rings. The van der Waals surface area contributed by atoms with Crippen molar-refractivity contribution in [2.24, 2.45) is 0 Å². The fraction of sp³-hybridized carbons (Fsp3) is 0.467. The van der Waals surface area contributed by atoms with E-state index in [1.165, 1.54) is 25.7 Å². The molecule has 4 N–H and O–H groups in total. The van der Waals surface area contributed by atoms with Crippen LogP contribution in [0.4, 0.5) is 5.69 Å². The molecule has 1 aromatic heterocycles. The summed E-state index contributed by atoms with van der Waals surface area (Å²) in [6.45, 7) is 0.698. The number of nitrogens with one attached hydrogen (secondary N) is 2. The summed E-state index contributed by atoms with van der Waals surface area (Å²) in [5.74, 6) is -0.132. The largest absolute Gasteiger partial charge is 0.399 e. The first kappa shape index (κ1) is 14.3. The van der Waals surface area contributed by atoms with Crippen molar-refractivity contribution in [3.05, 3.63) is 23.9 Å². The van der Waals surface area contributed by atoms with E-state index in [2.05, 4.69) is 21.8 Å². The highest BCUT2D eigenvalue weighted by atomic mass is 32.2. The maximum atomic E-state index is 12.4. The molecule has 1 fully saturated rings. The topological polar surface area (TPSA) is 83.8 Å². The van der Waals surface area contributed by atoms with E-state index in [1.54, 1.807) is 12.1 Å². The molecule has 5 nitrogen and oxygen atoms in total. The quantitative estimate of drug-likeness (QED) is 0.758. The highest BCUT2D eigenvalue weighted by Crippen LogP contribution is 2.39. The summed E-state index contributed by atoms with van der Waals surface area (Å²) in [4.78, 5) is 12.4. The highest BCUT2D eigenvalue weighted by Gasteiger charge is 2.33. The fourth-order valence-electron chi connectivity index (χ4n) is 3.00. The van der Waals surface area contributed by atoms with Crippen LogP contribution in [0.5, 0.6) is 0 Å². The molecule has 21 heavy (non-hydrogen) atoms. The number of hydrogen-bond acceptors (Lipinski definition) is 4. The SMILES string of the molecule is CSC1(CNC(=O)c2n[nH]c3ccc(N)cc23)CCCC1. The van der Waals surface area contributed by atoms with Crippen LogP contribution in [0.2, 0.25) is 0 Å². The number of aromatic amines is 1. The van der Waals surface area contributed by atoms with Crippen molar-refractivity contribution in [2.75, 3.05) is 18.5 Å². The number of aromatic nitrogens is 2. The van der Waals surface area contributed by atoms with Crippen LogP contribution in [0.25, 0.3) is 10.9 Å². The molecule has 6 heteroatoms. The molecule has 1 heterocycles. The van der Waals surface area contributed by atoms with E-state index in [0.717, 1.165) is 10.9 Å². The summed E-state index contributed by atoms with van der Waals surface area (Å²) >= 11 is 1.86. The molecule has 0 bridgehead atoms. The molecule has 0 spiro atoms. The van der Waals surface area contributed by atoms with Gasteiger partial charge in [0.1, 0.15) is 0 Å². The van der Waals surface area contributed by atoms with Gasteiger partial charge in [-0.15, -0.1) is 0 Å². The number of anilines is 1. The van der Waals surface area contributed by atoms with Crippen LogP contribution < -0.4 is 11.1 Å². The Hall–Kier alpha value is -1.69. The first-order valence-corrected chi connectivity index (χ1v) is 8.43. The normalized spacial score (nSPS) is 17.2. The zero-order valence-corrected chi connectivity index (χ0v) is 12.9. The number of rotatable bonds is 4. The Bertz CT molecular complexity index is 661. The predicted molar refractivity (Wildman–Crippen MR) is 87.6 cm³/mol. The number of fused-ring (bicyclic) bond motifs is 1. The van der Waals surface area contributed by atoms with E-state index < -0.39 is 0 Å². The first-order valence-electron chi connectivity index (χ1n) is 7.20. The predicted octanol–water partition coefficient (Wildman–Crippen LogP) is 2.55. The van der Waals surface area contributed by atoms with Gasteiger partial charge in [0.05, 0.1) is 5.52 Å². The standard InChI is InChI=1S/C15H20N4OS/c1-21-15(6-2-3-7-15)9-17-14(20)13-11-8-10(16)4-5-12(11)18-19-13/h4-5,8H,2-3,6-7,9,16H2,1H3,(H,17,20)(H,18,19). The molecule has 1 saturated carbocycles.